The topological polar surface area (TPSA) is 76.4 Å². The molecule has 1 unspecified atom stereocenters. The SMILES string of the molecule is CCCOc1cccc(NC2CCC(=O)NC2)c1N. The lowest BCUT2D eigenvalue weighted by atomic mass is 10.1. The lowest BCUT2D eigenvalue weighted by Crippen LogP contribution is -2.41. The molecule has 0 radical (unpaired) electrons. The van der Waals surface area contributed by atoms with Gasteiger partial charge in [0.05, 0.1) is 18.0 Å². The second kappa shape index (κ2) is 6.31. The Kier molecular flexibility index (Phi) is 4.49. The Bertz CT molecular complexity index is 438. The third-order valence-electron chi connectivity index (χ3n) is 3.15. The number of anilines is 2. The molecule has 1 aliphatic rings. The number of nitrogen functional groups attached to an aromatic ring is 1. The van der Waals surface area contributed by atoms with E-state index in [1.807, 2.05) is 18.2 Å². The molecule has 1 fully saturated rings. The maximum absolute atomic E-state index is 11.1. The standard InChI is InChI=1S/C14H21N3O2/c1-2-8-19-12-5-3-4-11(14(12)15)17-10-6-7-13(18)16-9-10/h3-5,10,17H,2,6-9,15H2,1H3,(H,16,18). The molecule has 1 aromatic rings. The van der Waals surface area contributed by atoms with Crippen molar-refractivity contribution in [3.05, 3.63) is 18.2 Å². The molecule has 0 aliphatic carbocycles. The van der Waals surface area contributed by atoms with Gasteiger partial charge in [-0.15, -0.1) is 0 Å². The Labute approximate surface area is 113 Å². The van der Waals surface area contributed by atoms with Gasteiger partial charge in [0.15, 0.2) is 0 Å². The second-order valence-corrected chi connectivity index (χ2v) is 4.75. The minimum absolute atomic E-state index is 0.117. The highest BCUT2D eigenvalue weighted by atomic mass is 16.5. The van der Waals surface area contributed by atoms with Gasteiger partial charge in [-0.25, -0.2) is 0 Å². The average molecular weight is 263 g/mol. The number of nitrogens with one attached hydrogen (secondary N) is 2. The highest BCUT2D eigenvalue weighted by Gasteiger charge is 2.18. The van der Waals surface area contributed by atoms with Crippen LogP contribution in [0.3, 0.4) is 0 Å². The molecule has 19 heavy (non-hydrogen) atoms. The van der Waals surface area contributed by atoms with Crippen molar-refractivity contribution in [2.45, 2.75) is 32.2 Å². The summed E-state index contributed by atoms with van der Waals surface area (Å²) in [6, 6.07) is 5.95. The van der Waals surface area contributed by atoms with E-state index in [0.717, 1.165) is 18.5 Å². The molecule has 0 bridgehead atoms. The summed E-state index contributed by atoms with van der Waals surface area (Å²) in [6.07, 6.45) is 2.33. The quantitative estimate of drug-likeness (QED) is 0.707. The Morgan fingerprint density at radius 2 is 2.37 bits per heavy atom. The first-order valence-electron chi connectivity index (χ1n) is 6.75. The van der Waals surface area contributed by atoms with Gasteiger partial charge < -0.3 is 21.1 Å². The van der Waals surface area contributed by atoms with Crippen LogP contribution in [0.4, 0.5) is 11.4 Å². The van der Waals surface area contributed by atoms with E-state index < -0.39 is 0 Å². The van der Waals surface area contributed by atoms with Crippen LogP contribution in [0.2, 0.25) is 0 Å². The van der Waals surface area contributed by atoms with E-state index in [4.69, 9.17) is 10.5 Å². The Morgan fingerprint density at radius 3 is 3.05 bits per heavy atom. The lowest BCUT2D eigenvalue weighted by Gasteiger charge is -2.25. The summed E-state index contributed by atoms with van der Waals surface area (Å²) in [5, 5.41) is 6.21. The van der Waals surface area contributed by atoms with Gasteiger partial charge in [0.25, 0.3) is 0 Å². The van der Waals surface area contributed by atoms with Crippen LogP contribution < -0.4 is 21.1 Å². The molecule has 1 saturated heterocycles. The van der Waals surface area contributed by atoms with Gasteiger partial charge in [-0.1, -0.05) is 13.0 Å². The highest BCUT2D eigenvalue weighted by molar-refractivity contribution is 5.77. The number of ether oxygens (including phenoxy) is 1. The zero-order valence-electron chi connectivity index (χ0n) is 11.2. The van der Waals surface area contributed by atoms with Crippen molar-refractivity contribution in [3.63, 3.8) is 0 Å². The van der Waals surface area contributed by atoms with Crippen molar-refractivity contribution in [1.82, 2.24) is 5.32 Å². The molecule has 5 nitrogen and oxygen atoms in total. The van der Waals surface area contributed by atoms with Gasteiger partial charge in [0.2, 0.25) is 5.91 Å². The lowest BCUT2D eigenvalue weighted by molar-refractivity contribution is -0.122. The summed E-state index contributed by atoms with van der Waals surface area (Å²) in [4.78, 5) is 11.1. The molecule has 0 aromatic heterocycles. The summed E-state index contributed by atoms with van der Waals surface area (Å²) < 4.78 is 5.60. The maximum atomic E-state index is 11.1. The zero-order chi connectivity index (χ0) is 13.7. The summed E-state index contributed by atoms with van der Waals surface area (Å²) >= 11 is 0. The van der Waals surface area contributed by atoms with E-state index in [1.165, 1.54) is 0 Å². The van der Waals surface area contributed by atoms with Crippen molar-refractivity contribution in [2.24, 2.45) is 0 Å². The molecule has 0 spiro atoms. The minimum Gasteiger partial charge on any atom is -0.491 e. The largest absolute Gasteiger partial charge is 0.491 e. The number of hydrogen-bond donors (Lipinski definition) is 3. The normalized spacial score (nSPS) is 18.8. The van der Waals surface area contributed by atoms with Crippen LogP contribution >= 0.6 is 0 Å². The Balaban J connectivity index is 2.01. The summed E-state index contributed by atoms with van der Waals surface area (Å²) in [6.45, 7) is 3.36. The predicted molar refractivity (Wildman–Crippen MR) is 76.3 cm³/mol. The number of rotatable bonds is 5. The smallest absolute Gasteiger partial charge is 0.220 e. The van der Waals surface area contributed by atoms with Crippen LogP contribution in [0.15, 0.2) is 18.2 Å². The monoisotopic (exact) mass is 263 g/mol. The van der Waals surface area contributed by atoms with Gasteiger partial charge in [-0.3, -0.25) is 4.79 Å². The molecule has 0 saturated carbocycles. The fourth-order valence-corrected chi connectivity index (χ4v) is 2.08. The van der Waals surface area contributed by atoms with E-state index in [2.05, 4.69) is 17.6 Å². The van der Waals surface area contributed by atoms with E-state index in [-0.39, 0.29) is 11.9 Å². The average Bonchev–Trinajstić information content (AvgIpc) is 2.42. The minimum atomic E-state index is 0.117. The summed E-state index contributed by atoms with van der Waals surface area (Å²) in [5.41, 5.74) is 7.60. The van der Waals surface area contributed by atoms with E-state index in [9.17, 15) is 4.79 Å². The molecule has 1 heterocycles. The van der Waals surface area contributed by atoms with Crippen LogP contribution in [0, 0.1) is 0 Å². The molecular weight excluding hydrogens is 242 g/mol. The third-order valence-corrected chi connectivity index (χ3v) is 3.15. The van der Waals surface area contributed by atoms with Gasteiger partial charge in [0, 0.05) is 19.0 Å². The fourth-order valence-electron chi connectivity index (χ4n) is 2.08. The molecule has 5 heteroatoms. The van der Waals surface area contributed by atoms with Crippen LogP contribution in [-0.4, -0.2) is 25.1 Å². The first-order valence-corrected chi connectivity index (χ1v) is 6.75. The number of para-hydroxylation sites is 1. The van der Waals surface area contributed by atoms with Crippen LogP contribution in [0.25, 0.3) is 0 Å². The second-order valence-electron chi connectivity index (χ2n) is 4.75. The van der Waals surface area contributed by atoms with Gasteiger partial charge >= 0.3 is 0 Å². The molecule has 4 N–H and O–H groups in total. The molecule has 2 rings (SSSR count). The van der Waals surface area contributed by atoms with Crippen LogP contribution in [0.1, 0.15) is 26.2 Å². The molecule has 1 amide bonds. The summed E-state index contributed by atoms with van der Waals surface area (Å²) in [5.74, 6) is 0.831. The first-order chi connectivity index (χ1) is 9.20. The van der Waals surface area contributed by atoms with E-state index in [0.29, 0.717) is 31.0 Å². The zero-order valence-corrected chi connectivity index (χ0v) is 11.2. The molecular formula is C14H21N3O2. The molecule has 1 atom stereocenters. The number of hydrogen-bond acceptors (Lipinski definition) is 4. The Morgan fingerprint density at radius 1 is 1.53 bits per heavy atom. The van der Waals surface area contributed by atoms with Gasteiger partial charge in [-0.05, 0) is 25.0 Å². The van der Waals surface area contributed by atoms with Crippen molar-refractivity contribution >= 4 is 17.3 Å². The van der Waals surface area contributed by atoms with Crippen molar-refractivity contribution in [2.75, 3.05) is 24.2 Å². The van der Waals surface area contributed by atoms with E-state index in [1.54, 1.807) is 0 Å². The molecule has 1 aromatic carbocycles. The van der Waals surface area contributed by atoms with Crippen LogP contribution in [0.5, 0.6) is 5.75 Å². The van der Waals surface area contributed by atoms with Crippen LogP contribution in [-0.2, 0) is 4.79 Å². The maximum Gasteiger partial charge on any atom is 0.220 e. The number of nitrogens with two attached hydrogens (primary N) is 1. The first kappa shape index (κ1) is 13.5. The van der Waals surface area contributed by atoms with E-state index >= 15 is 0 Å². The number of benzene rings is 1. The fraction of sp³-hybridized carbons (Fsp3) is 0.500. The van der Waals surface area contributed by atoms with Crippen molar-refractivity contribution in [3.8, 4) is 5.75 Å². The van der Waals surface area contributed by atoms with Gasteiger partial charge in [0.1, 0.15) is 5.75 Å². The Hall–Kier alpha value is -1.91. The highest BCUT2D eigenvalue weighted by Crippen LogP contribution is 2.30. The number of amides is 1. The molecule has 104 valence electrons. The van der Waals surface area contributed by atoms with Crippen molar-refractivity contribution in [1.29, 1.82) is 0 Å². The predicted octanol–water partition coefficient (Wildman–Crippen LogP) is 1.75. The van der Waals surface area contributed by atoms with Gasteiger partial charge in [-0.2, -0.15) is 0 Å². The molecule has 1 aliphatic heterocycles. The third kappa shape index (κ3) is 3.53. The number of carbonyl (C=O) groups excluding carboxylic acids is 1. The number of carbonyl (C=O) groups is 1. The summed E-state index contributed by atoms with van der Waals surface area (Å²) in [7, 11) is 0. The van der Waals surface area contributed by atoms with Crippen molar-refractivity contribution < 1.29 is 9.53 Å². The number of piperidine rings is 1.